The molecule has 94 valence electrons. The van der Waals surface area contributed by atoms with E-state index in [-0.39, 0.29) is 0 Å². The normalized spacial score (nSPS) is 20.7. The van der Waals surface area contributed by atoms with E-state index >= 15 is 0 Å². The van der Waals surface area contributed by atoms with E-state index in [4.69, 9.17) is 10.5 Å². The van der Waals surface area contributed by atoms with E-state index < -0.39 is 0 Å². The van der Waals surface area contributed by atoms with Crippen molar-refractivity contribution in [1.82, 2.24) is 14.9 Å². The molecule has 0 bridgehead atoms. The van der Waals surface area contributed by atoms with Crippen molar-refractivity contribution in [1.29, 1.82) is 0 Å². The Balaban J connectivity index is 1.84. The predicted octanol–water partition coefficient (Wildman–Crippen LogP) is 1.68. The molecule has 2 rings (SSSR count). The Morgan fingerprint density at radius 3 is 3.12 bits per heavy atom. The van der Waals surface area contributed by atoms with Crippen LogP contribution >= 0.6 is 15.9 Å². The lowest BCUT2D eigenvalue weighted by Crippen LogP contribution is -2.26. The van der Waals surface area contributed by atoms with Crippen molar-refractivity contribution in [3.8, 4) is 5.88 Å². The zero-order valence-corrected chi connectivity index (χ0v) is 11.5. The van der Waals surface area contributed by atoms with Crippen LogP contribution in [0, 0.1) is 0 Å². The first-order chi connectivity index (χ1) is 8.18. The first kappa shape index (κ1) is 12.6. The second kappa shape index (κ2) is 5.64. The van der Waals surface area contributed by atoms with E-state index in [1.807, 2.05) is 0 Å². The van der Waals surface area contributed by atoms with Crippen molar-refractivity contribution in [2.75, 3.05) is 25.9 Å². The molecule has 0 amide bonds. The van der Waals surface area contributed by atoms with Crippen molar-refractivity contribution in [3.05, 3.63) is 10.8 Å². The molecule has 1 aliphatic rings. The highest BCUT2D eigenvalue weighted by Crippen LogP contribution is 2.26. The van der Waals surface area contributed by atoms with E-state index in [1.54, 1.807) is 0 Å². The van der Waals surface area contributed by atoms with Gasteiger partial charge in [0.2, 0.25) is 5.88 Å². The van der Waals surface area contributed by atoms with Crippen molar-refractivity contribution in [2.45, 2.75) is 25.3 Å². The maximum absolute atomic E-state index is 5.65. The van der Waals surface area contributed by atoms with Crippen molar-refractivity contribution >= 4 is 21.7 Å². The number of nitrogen functional groups attached to an aromatic ring is 1. The van der Waals surface area contributed by atoms with Crippen molar-refractivity contribution in [2.24, 2.45) is 0 Å². The molecule has 1 aromatic rings. The molecule has 17 heavy (non-hydrogen) atoms. The number of ether oxygens (including phenoxy) is 1. The van der Waals surface area contributed by atoms with Crippen LogP contribution in [0.15, 0.2) is 10.8 Å². The molecule has 1 unspecified atom stereocenters. The van der Waals surface area contributed by atoms with Gasteiger partial charge < -0.3 is 15.4 Å². The minimum Gasteiger partial charge on any atom is -0.477 e. The standard InChI is InChI=1S/C11H17BrN4O/c1-16-5-2-3-8(16)4-6-17-11-9(12)10(13)14-7-15-11/h7-8H,2-6H2,1H3,(H2,13,14,15). The van der Waals surface area contributed by atoms with Gasteiger partial charge in [0.25, 0.3) is 0 Å². The van der Waals surface area contributed by atoms with Crippen molar-refractivity contribution in [3.63, 3.8) is 0 Å². The molecule has 6 heteroatoms. The van der Waals surface area contributed by atoms with Gasteiger partial charge in [-0.25, -0.2) is 9.97 Å². The average Bonchev–Trinajstić information content (AvgIpc) is 2.71. The van der Waals surface area contributed by atoms with Gasteiger partial charge in [-0.1, -0.05) is 0 Å². The van der Waals surface area contributed by atoms with Crippen LogP contribution in [0.1, 0.15) is 19.3 Å². The maximum Gasteiger partial charge on any atom is 0.233 e. The van der Waals surface area contributed by atoms with Crippen molar-refractivity contribution < 1.29 is 4.74 Å². The van der Waals surface area contributed by atoms with E-state index in [9.17, 15) is 0 Å². The van der Waals surface area contributed by atoms with Gasteiger partial charge in [-0.05, 0) is 48.8 Å². The van der Waals surface area contributed by atoms with Crippen LogP contribution in [0.25, 0.3) is 0 Å². The first-order valence-corrected chi connectivity index (χ1v) is 6.57. The number of hydrogen-bond acceptors (Lipinski definition) is 5. The fourth-order valence-electron chi connectivity index (χ4n) is 2.10. The molecule has 1 fully saturated rings. The zero-order chi connectivity index (χ0) is 12.3. The summed E-state index contributed by atoms with van der Waals surface area (Å²) in [5.74, 6) is 0.936. The van der Waals surface area contributed by atoms with Gasteiger partial charge in [0.05, 0.1) is 6.61 Å². The number of hydrogen-bond donors (Lipinski definition) is 1. The highest BCUT2D eigenvalue weighted by molar-refractivity contribution is 9.10. The fourth-order valence-corrected chi connectivity index (χ4v) is 2.42. The molecule has 0 spiro atoms. The molecule has 1 aromatic heterocycles. The SMILES string of the molecule is CN1CCCC1CCOc1ncnc(N)c1Br. The maximum atomic E-state index is 5.65. The number of likely N-dealkylation sites (tertiary alicyclic amines) is 1. The molecular weight excluding hydrogens is 284 g/mol. The summed E-state index contributed by atoms with van der Waals surface area (Å²) >= 11 is 3.32. The van der Waals surface area contributed by atoms with Crippen LogP contribution in [0.4, 0.5) is 5.82 Å². The highest BCUT2D eigenvalue weighted by atomic mass is 79.9. The van der Waals surface area contributed by atoms with E-state index in [2.05, 4.69) is 37.8 Å². The zero-order valence-electron chi connectivity index (χ0n) is 9.90. The molecule has 0 aromatic carbocycles. The van der Waals surface area contributed by atoms with Crippen LogP contribution in [0.3, 0.4) is 0 Å². The highest BCUT2D eigenvalue weighted by Gasteiger charge is 2.20. The van der Waals surface area contributed by atoms with Gasteiger partial charge >= 0.3 is 0 Å². The summed E-state index contributed by atoms with van der Waals surface area (Å²) in [7, 11) is 2.16. The molecule has 0 saturated carbocycles. The quantitative estimate of drug-likeness (QED) is 0.916. The molecule has 5 nitrogen and oxygen atoms in total. The molecule has 1 atom stereocenters. The van der Waals surface area contributed by atoms with Gasteiger partial charge in [0, 0.05) is 6.04 Å². The van der Waals surface area contributed by atoms with Crippen LogP contribution in [0.5, 0.6) is 5.88 Å². The third kappa shape index (κ3) is 3.07. The summed E-state index contributed by atoms with van der Waals surface area (Å²) in [5.41, 5.74) is 5.65. The van der Waals surface area contributed by atoms with E-state index in [0.717, 1.165) is 6.42 Å². The van der Waals surface area contributed by atoms with Gasteiger partial charge in [-0.15, -0.1) is 0 Å². The molecule has 1 aliphatic heterocycles. The van der Waals surface area contributed by atoms with Gasteiger partial charge in [0.1, 0.15) is 16.6 Å². The molecule has 2 heterocycles. The summed E-state index contributed by atoms with van der Waals surface area (Å²) in [4.78, 5) is 10.3. The lowest BCUT2D eigenvalue weighted by atomic mass is 10.1. The summed E-state index contributed by atoms with van der Waals surface area (Å²) < 4.78 is 6.26. The minimum atomic E-state index is 0.410. The Bertz CT molecular complexity index is 388. The Morgan fingerprint density at radius 2 is 2.41 bits per heavy atom. The third-order valence-corrected chi connectivity index (χ3v) is 3.89. The number of halogens is 1. The Hall–Kier alpha value is -0.880. The van der Waals surface area contributed by atoms with E-state index in [1.165, 1.54) is 25.7 Å². The molecule has 0 aliphatic carbocycles. The van der Waals surface area contributed by atoms with Crippen LogP contribution in [-0.2, 0) is 0 Å². The molecule has 2 N–H and O–H groups in total. The van der Waals surface area contributed by atoms with Gasteiger partial charge in [0.15, 0.2) is 0 Å². The number of anilines is 1. The van der Waals surface area contributed by atoms with Crippen LogP contribution in [-0.4, -0.2) is 41.1 Å². The predicted molar refractivity (Wildman–Crippen MR) is 69.9 cm³/mol. The Morgan fingerprint density at radius 1 is 1.59 bits per heavy atom. The Labute approximate surface area is 110 Å². The topological polar surface area (TPSA) is 64.3 Å². The first-order valence-electron chi connectivity index (χ1n) is 5.77. The molecule has 1 saturated heterocycles. The summed E-state index contributed by atoms with van der Waals surface area (Å²) in [5, 5.41) is 0. The number of rotatable bonds is 4. The molecule has 0 radical (unpaired) electrons. The Kier molecular flexibility index (Phi) is 4.17. The number of nitrogens with two attached hydrogens (primary N) is 1. The van der Waals surface area contributed by atoms with E-state index in [0.29, 0.717) is 28.8 Å². The van der Waals surface area contributed by atoms with Gasteiger partial charge in [-0.2, -0.15) is 0 Å². The van der Waals surface area contributed by atoms with Gasteiger partial charge in [-0.3, -0.25) is 0 Å². The second-order valence-electron chi connectivity index (χ2n) is 4.29. The summed E-state index contributed by atoms with van der Waals surface area (Å²) in [6.07, 6.45) is 4.97. The molecular formula is C11H17BrN4O. The monoisotopic (exact) mass is 300 g/mol. The van der Waals surface area contributed by atoms with Crippen LogP contribution in [0.2, 0.25) is 0 Å². The second-order valence-corrected chi connectivity index (χ2v) is 5.08. The largest absolute Gasteiger partial charge is 0.477 e. The van der Waals surface area contributed by atoms with Crippen LogP contribution < -0.4 is 10.5 Å². The average molecular weight is 301 g/mol. The lowest BCUT2D eigenvalue weighted by molar-refractivity contribution is 0.227. The third-order valence-electron chi connectivity index (χ3n) is 3.15. The smallest absolute Gasteiger partial charge is 0.233 e. The fraction of sp³-hybridized carbons (Fsp3) is 0.636. The number of aromatic nitrogens is 2. The summed E-state index contributed by atoms with van der Waals surface area (Å²) in [6.45, 7) is 1.85. The minimum absolute atomic E-state index is 0.410. The number of nitrogens with zero attached hydrogens (tertiary/aromatic N) is 3. The lowest BCUT2D eigenvalue weighted by Gasteiger charge is -2.19. The summed E-state index contributed by atoms with van der Waals surface area (Å²) in [6, 6.07) is 0.632.